The molecule has 5 aliphatic rings. The number of hydrogen-bond donors (Lipinski definition) is 4. The molecule has 6 aromatic heterocycles. The van der Waals surface area contributed by atoms with Crippen molar-refractivity contribution in [3.05, 3.63) is 236 Å². The van der Waals surface area contributed by atoms with Crippen LogP contribution in [0.1, 0.15) is 113 Å². The van der Waals surface area contributed by atoms with Crippen LogP contribution >= 0.6 is 0 Å². The van der Waals surface area contributed by atoms with E-state index in [4.69, 9.17) is 34.0 Å². The molecule has 1 atom stereocenters. The lowest BCUT2D eigenvalue weighted by Crippen LogP contribution is -2.12. The highest BCUT2D eigenvalue weighted by atomic mass is 19.1. The van der Waals surface area contributed by atoms with E-state index in [0.29, 0.717) is 113 Å². The van der Waals surface area contributed by atoms with Crippen LogP contribution in [0, 0.1) is 44.8 Å². The van der Waals surface area contributed by atoms with E-state index in [1.807, 2.05) is 54.2 Å². The maximum absolute atomic E-state index is 14.6. The fourth-order valence-corrected chi connectivity index (χ4v) is 14.3. The zero-order valence-electron chi connectivity index (χ0n) is 61.1. The number of fused-ring (bicyclic) bond motifs is 7. The van der Waals surface area contributed by atoms with E-state index < -0.39 is 14.0 Å². The minimum Gasteiger partial charge on any atom is -0.493 e. The first-order chi connectivity index (χ1) is 50.7. The van der Waals surface area contributed by atoms with Gasteiger partial charge in [-0.05, 0) is 161 Å². The van der Waals surface area contributed by atoms with E-state index in [1.54, 1.807) is 53.3 Å². The summed E-state index contributed by atoms with van der Waals surface area (Å²) in [6.45, 7) is 11.0. The van der Waals surface area contributed by atoms with Crippen molar-refractivity contribution in [1.82, 2.24) is 53.3 Å². The van der Waals surface area contributed by atoms with Crippen LogP contribution in [0.2, 0.25) is 0 Å². The number of imidazole rings is 3. The Kier molecular flexibility index (Phi) is 16.0. The topological polar surface area (TPSA) is 174 Å². The molecule has 1 fully saturated rings. The Morgan fingerprint density at radius 3 is 1.59 bits per heavy atom. The Hall–Kier alpha value is -10.8. The lowest BCUT2D eigenvalue weighted by Gasteiger charge is -2.17. The molecular formula is C78H76F3N15O3. The molecule has 6 aromatic carbocycles. The molecule has 17 rings (SSSR count). The Balaban J connectivity index is 0.000000127. The number of anilines is 3. The standard InChI is InChI=1S/C26H26FN5O.C26H22FN5O.C26H28FN5O/c1-16-15-32-25(31-16)20(17-4-6-18(7-5-17)23-3-2-11-28-23)13-29-26(32)30-14-21-19-10-12-33-24(19)9-8-22(21)27;1-28-24-15-32-25(31-24)20(18-7-6-16-4-2-3-5-17(16)12-18)13-29-26(32)30-14-21-19-10-11-33-23(19)9-8-22(21)27;1-16-11-18(15-31(3)4)5-6-19(16)22-13-29-26(32-14-17(2)30-25(22)32)28-12-21-20-9-10-33-24(20)8-7-23(21)27/h4-9,13,15,23,28H,2-3,10-12,14H2,1H3,(H,29,30);6-9,12-13,15H,2-5,10-11,14H2,(H,29,30);5-8,11,13-14H,9-10,12,15H2,1-4H3,(H,28,29)/i;;3D3,4D3. The van der Waals surface area contributed by atoms with E-state index >= 15 is 0 Å². The monoisotopic (exact) mass is 1330 g/mol. The van der Waals surface area contributed by atoms with E-state index in [2.05, 4.69) is 93.5 Å². The Morgan fingerprint density at radius 1 is 0.556 bits per heavy atom. The summed E-state index contributed by atoms with van der Waals surface area (Å²) in [5.74, 6) is 3.40. The molecule has 0 amide bonds. The van der Waals surface area contributed by atoms with Crippen LogP contribution in [-0.4, -0.2) is 88.3 Å². The van der Waals surface area contributed by atoms with Crippen molar-refractivity contribution in [3.63, 3.8) is 0 Å². The lowest BCUT2D eigenvalue weighted by molar-refractivity contribution is 0.356. The number of nitrogens with zero attached hydrogens (tertiary/aromatic N) is 11. The van der Waals surface area contributed by atoms with Gasteiger partial charge in [0.05, 0.1) is 36.8 Å². The van der Waals surface area contributed by atoms with Gasteiger partial charge in [0.1, 0.15) is 46.0 Å². The Labute approximate surface area is 580 Å². The number of rotatable bonds is 15. The number of ether oxygens (including phenoxy) is 3. The summed E-state index contributed by atoms with van der Waals surface area (Å²) in [6.07, 6.45) is 20.0. The summed E-state index contributed by atoms with van der Waals surface area (Å²) in [6, 6.07) is 30.3. The third kappa shape index (κ3) is 13.0. The summed E-state index contributed by atoms with van der Waals surface area (Å²) < 4.78 is 112. The van der Waals surface area contributed by atoms with Crippen LogP contribution in [0.25, 0.3) is 55.2 Å². The number of halogens is 3. The molecule has 0 radical (unpaired) electrons. The normalized spacial score (nSPS) is 16.0. The number of nitrogens with one attached hydrogen (secondary N) is 4. The molecule has 1 saturated heterocycles. The quantitative estimate of drug-likeness (QED) is 0.0714. The molecule has 0 spiro atoms. The van der Waals surface area contributed by atoms with Gasteiger partial charge in [-0.1, -0.05) is 72.2 Å². The molecule has 18 nitrogen and oxygen atoms in total. The van der Waals surface area contributed by atoms with Gasteiger partial charge in [-0.25, -0.2) is 38.1 Å². The van der Waals surface area contributed by atoms with Gasteiger partial charge in [0.15, 0.2) is 0 Å². The molecule has 12 aromatic rings. The zero-order chi connectivity index (χ0) is 72.8. The first-order valence-electron chi connectivity index (χ1n) is 36.5. The number of hydrogen-bond acceptors (Lipinski definition) is 14. The predicted molar refractivity (Wildman–Crippen MR) is 379 cm³/mol. The van der Waals surface area contributed by atoms with Crippen molar-refractivity contribution in [2.75, 3.05) is 56.3 Å². The smallest absolute Gasteiger partial charge is 0.288 e. The van der Waals surface area contributed by atoms with Gasteiger partial charge in [-0.3, -0.25) is 13.2 Å². The van der Waals surface area contributed by atoms with Gasteiger partial charge in [-0.2, -0.15) is 0 Å². The first-order valence-corrected chi connectivity index (χ1v) is 33.5. The van der Waals surface area contributed by atoms with Gasteiger partial charge < -0.3 is 45.2 Å². The maximum atomic E-state index is 14.6. The number of benzene rings is 6. The zero-order valence-corrected chi connectivity index (χ0v) is 55.1. The van der Waals surface area contributed by atoms with Gasteiger partial charge in [0.25, 0.3) is 5.82 Å². The molecule has 0 bridgehead atoms. The molecule has 4 aliphatic heterocycles. The molecule has 10 heterocycles. The second-order valence-electron chi connectivity index (χ2n) is 25.6. The predicted octanol–water partition coefficient (Wildman–Crippen LogP) is 15.1. The van der Waals surface area contributed by atoms with Crippen LogP contribution in [0.15, 0.2) is 134 Å². The Morgan fingerprint density at radius 2 is 1.06 bits per heavy atom. The first kappa shape index (κ1) is 57.3. The summed E-state index contributed by atoms with van der Waals surface area (Å²) in [7, 11) is 0. The SMILES string of the molecule is Cc1cn2c(NCc3c(F)ccc4c3CCO4)ncc(-c3ccc(C4CCCN4)cc3)c2n1.[2H]C([2H])([2H])N(Cc1ccc(-c2cnc(NCc3c(F)ccc4c3CCO4)n3cc(C)nc23)c(C)c1)C([2H])([2H])[2H].[C-]#[N+]c1cn2c(NCc3c(F)ccc4c3CCO4)ncc(-c3ccc4c(c3)CCCC4)c2n1. The third-order valence-electron chi connectivity index (χ3n) is 19.2. The number of aryl methyl sites for hydroxylation is 5. The van der Waals surface area contributed by atoms with Crippen molar-refractivity contribution in [3.8, 4) is 50.6 Å². The van der Waals surface area contributed by atoms with Crippen molar-refractivity contribution in [2.45, 2.75) is 111 Å². The second kappa shape index (κ2) is 27.6. The third-order valence-corrected chi connectivity index (χ3v) is 19.2. The van der Waals surface area contributed by atoms with Crippen LogP contribution in [0.4, 0.5) is 36.8 Å². The average Bonchev–Trinajstić information content (AvgIpc) is 1.70. The van der Waals surface area contributed by atoms with Crippen molar-refractivity contribution < 1.29 is 35.6 Å². The molecule has 1 aliphatic carbocycles. The highest BCUT2D eigenvalue weighted by Crippen LogP contribution is 2.38. The highest BCUT2D eigenvalue weighted by molar-refractivity contribution is 5.82. The van der Waals surface area contributed by atoms with E-state index in [9.17, 15) is 13.2 Å². The van der Waals surface area contributed by atoms with E-state index in [0.717, 1.165) is 110 Å². The minimum absolute atomic E-state index is 0.224. The fourth-order valence-electron chi connectivity index (χ4n) is 14.3. The summed E-state index contributed by atoms with van der Waals surface area (Å²) in [5.41, 5.74) is 19.3. The Bertz CT molecular complexity index is 5340. The van der Waals surface area contributed by atoms with Gasteiger partial charge >= 0.3 is 0 Å². The highest BCUT2D eigenvalue weighted by Gasteiger charge is 2.26. The largest absolute Gasteiger partial charge is 0.493 e. The van der Waals surface area contributed by atoms with Crippen LogP contribution in [0.5, 0.6) is 17.2 Å². The average molecular weight is 1330 g/mol. The molecule has 1 unspecified atom stereocenters. The van der Waals surface area contributed by atoms with Crippen LogP contribution in [-0.2, 0) is 58.3 Å². The second-order valence-corrected chi connectivity index (χ2v) is 25.6. The molecule has 99 heavy (non-hydrogen) atoms. The lowest BCUT2D eigenvalue weighted by atomic mass is 9.89. The van der Waals surface area contributed by atoms with Gasteiger partial charge in [0.2, 0.25) is 23.5 Å². The van der Waals surface area contributed by atoms with Crippen LogP contribution < -0.4 is 35.5 Å². The van der Waals surface area contributed by atoms with Gasteiger partial charge in [0, 0.05) is 141 Å². The van der Waals surface area contributed by atoms with E-state index in [1.165, 1.54) is 60.6 Å². The summed E-state index contributed by atoms with van der Waals surface area (Å²) in [4.78, 5) is 32.0. The molecule has 0 saturated carbocycles. The summed E-state index contributed by atoms with van der Waals surface area (Å²) >= 11 is 0. The van der Waals surface area contributed by atoms with Crippen LogP contribution in [0.3, 0.4) is 0 Å². The van der Waals surface area contributed by atoms with Crippen molar-refractivity contribution >= 4 is 40.6 Å². The van der Waals surface area contributed by atoms with Crippen molar-refractivity contribution in [2.24, 2.45) is 0 Å². The molecule has 4 N–H and O–H groups in total. The van der Waals surface area contributed by atoms with E-state index in [-0.39, 0.29) is 37.1 Å². The minimum atomic E-state index is -2.76. The fraction of sp³-hybridized carbons (Fsp3) is 0.295. The molecular weight excluding hydrogens is 1250 g/mol. The van der Waals surface area contributed by atoms with Crippen molar-refractivity contribution in [1.29, 1.82) is 0 Å². The summed E-state index contributed by atoms with van der Waals surface area (Å²) in [5, 5.41) is 13.4. The number of aromatic nitrogens is 9. The maximum Gasteiger partial charge on any atom is 0.288 e. The molecule has 21 heteroatoms. The van der Waals surface area contributed by atoms with Gasteiger partial charge in [-0.15, -0.1) is 0 Å². The molecule has 502 valence electrons.